The van der Waals surface area contributed by atoms with Gasteiger partial charge >= 0.3 is 0 Å². The third-order valence-electron chi connectivity index (χ3n) is 4.10. The van der Waals surface area contributed by atoms with Gasteiger partial charge in [0, 0.05) is 28.7 Å². The van der Waals surface area contributed by atoms with E-state index in [1.165, 1.54) is 17.7 Å². The summed E-state index contributed by atoms with van der Waals surface area (Å²) in [7, 11) is 1.64. The molecule has 2 aromatic rings. The van der Waals surface area contributed by atoms with Crippen LogP contribution in [0.2, 0.25) is 0 Å². The van der Waals surface area contributed by atoms with E-state index in [4.69, 9.17) is 4.74 Å². The zero-order valence-electron chi connectivity index (χ0n) is 14.7. The summed E-state index contributed by atoms with van der Waals surface area (Å²) in [5.41, 5.74) is 1.82. The molecule has 0 aliphatic heterocycles. The van der Waals surface area contributed by atoms with Crippen molar-refractivity contribution in [3.05, 3.63) is 59.2 Å². The first-order chi connectivity index (χ1) is 12.4. The molecule has 0 aliphatic carbocycles. The van der Waals surface area contributed by atoms with Crippen molar-refractivity contribution in [1.29, 1.82) is 0 Å². The second kappa shape index (κ2) is 9.56. The SMILES string of the molecule is COc1ccc(CC(C)NCC(O)c2ccc(O)c(C(=O)NBr)c2)cc1. The highest BCUT2D eigenvalue weighted by Gasteiger charge is 2.15. The van der Waals surface area contributed by atoms with Gasteiger partial charge in [0.25, 0.3) is 5.91 Å². The molecule has 7 heteroatoms. The van der Waals surface area contributed by atoms with E-state index in [1.54, 1.807) is 13.2 Å². The van der Waals surface area contributed by atoms with Crippen LogP contribution in [0, 0.1) is 0 Å². The summed E-state index contributed by atoms with van der Waals surface area (Å²) in [6.07, 6.45) is 0.0135. The number of aliphatic hydroxyl groups is 1. The van der Waals surface area contributed by atoms with Crippen molar-refractivity contribution >= 4 is 22.1 Å². The van der Waals surface area contributed by atoms with Crippen molar-refractivity contribution in [3.8, 4) is 11.5 Å². The van der Waals surface area contributed by atoms with Crippen LogP contribution >= 0.6 is 16.1 Å². The maximum atomic E-state index is 11.7. The molecule has 0 fully saturated rings. The zero-order chi connectivity index (χ0) is 19.1. The van der Waals surface area contributed by atoms with Crippen LogP contribution in [0.5, 0.6) is 11.5 Å². The van der Waals surface area contributed by atoms with Gasteiger partial charge in [-0.05, 0) is 48.7 Å². The summed E-state index contributed by atoms with van der Waals surface area (Å²) in [5.74, 6) is 0.205. The smallest absolute Gasteiger partial charge is 0.264 e. The number of aliphatic hydroxyl groups excluding tert-OH is 1. The maximum Gasteiger partial charge on any atom is 0.264 e. The lowest BCUT2D eigenvalue weighted by atomic mass is 10.0. The van der Waals surface area contributed by atoms with Crippen LogP contribution in [0.1, 0.15) is 34.5 Å². The van der Waals surface area contributed by atoms with Gasteiger partial charge in [-0.2, -0.15) is 0 Å². The molecule has 2 atom stereocenters. The molecule has 0 heterocycles. The van der Waals surface area contributed by atoms with Crippen LogP contribution in [0.4, 0.5) is 0 Å². The third kappa shape index (κ3) is 5.45. The quantitative estimate of drug-likeness (QED) is 0.491. The second-order valence-corrected chi connectivity index (χ2v) is 6.47. The van der Waals surface area contributed by atoms with Crippen LogP contribution in [0.15, 0.2) is 42.5 Å². The van der Waals surface area contributed by atoms with Crippen molar-refractivity contribution in [2.24, 2.45) is 0 Å². The number of amides is 1. The largest absolute Gasteiger partial charge is 0.507 e. The maximum absolute atomic E-state index is 11.7. The molecule has 4 N–H and O–H groups in total. The molecule has 0 bridgehead atoms. The minimum Gasteiger partial charge on any atom is -0.507 e. The summed E-state index contributed by atoms with van der Waals surface area (Å²) >= 11 is 2.84. The van der Waals surface area contributed by atoms with Gasteiger partial charge in [0.1, 0.15) is 11.5 Å². The summed E-state index contributed by atoms with van der Waals surface area (Å²) < 4.78 is 7.43. The van der Waals surface area contributed by atoms with Gasteiger partial charge in [-0.25, -0.2) is 0 Å². The molecule has 0 aliphatic rings. The number of carbonyl (C=O) groups excluding carboxylic acids is 1. The lowest BCUT2D eigenvalue weighted by Crippen LogP contribution is -2.32. The second-order valence-electron chi connectivity index (χ2n) is 6.08. The normalized spacial score (nSPS) is 13.1. The van der Waals surface area contributed by atoms with Crippen molar-refractivity contribution < 1.29 is 19.7 Å². The Morgan fingerprint density at radius 1 is 1.23 bits per heavy atom. The standard InChI is InChI=1S/C19H23BrN2O4/c1-12(9-13-3-6-15(26-2)7-4-13)21-11-18(24)14-5-8-17(23)16(10-14)19(25)22-20/h3-8,10,12,18,21,23-24H,9,11H2,1-2H3,(H,22,25). The van der Waals surface area contributed by atoms with Crippen molar-refractivity contribution in [2.45, 2.75) is 25.5 Å². The number of phenolic OH excluding ortho intramolecular Hbond substituents is 1. The van der Waals surface area contributed by atoms with E-state index >= 15 is 0 Å². The Hall–Kier alpha value is -2.09. The van der Waals surface area contributed by atoms with E-state index in [0.29, 0.717) is 12.1 Å². The number of methoxy groups -OCH3 is 1. The van der Waals surface area contributed by atoms with Crippen LogP contribution in [-0.2, 0) is 6.42 Å². The van der Waals surface area contributed by atoms with E-state index in [0.717, 1.165) is 12.2 Å². The first-order valence-corrected chi connectivity index (χ1v) is 9.02. The molecule has 140 valence electrons. The molecule has 6 nitrogen and oxygen atoms in total. The third-order valence-corrected chi connectivity index (χ3v) is 4.46. The monoisotopic (exact) mass is 422 g/mol. The fourth-order valence-electron chi connectivity index (χ4n) is 2.61. The number of aromatic hydroxyl groups is 1. The van der Waals surface area contributed by atoms with E-state index in [2.05, 4.69) is 25.8 Å². The molecule has 0 saturated heterocycles. The molecule has 0 spiro atoms. The lowest BCUT2D eigenvalue weighted by Gasteiger charge is -2.18. The highest BCUT2D eigenvalue weighted by Crippen LogP contribution is 2.22. The predicted molar refractivity (Wildman–Crippen MR) is 104 cm³/mol. The Morgan fingerprint density at radius 3 is 2.54 bits per heavy atom. The van der Waals surface area contributed by atoms with E-state index < -0.39 is 12.0 Å². The summed E-state index contributed by atoms with van der Waals surface area (Å²) in [6, 6.07) is 12.5. The number of hydrogen-bond acceptors (Lipinski definition) is 5. The van der Waals surface area contributed by atoms with Gasteiger partial charge in [0.2, 0.25) is 0 Å². The molecule has 0 aromatic heterocycles. The number of halogens is 1. The molecule has 26 heavy (non-hydrogen) atoms. The summed E-state index contributed by atoms with van der Waals surface area (Å²) in [6.45, 7) is 2.37. The zero-order valence-corrected chi connectivity index (χ0v) is 16.3. The highest BCUT2D eigenvalue weighted by atomic mass is 79.9. The lowest BCUT2D eigenvalue weighted by molar-refractivity contribution is 0.0983. The van der Waals surface area contributed by atoms with Gasteiger partial charge in [0.05, 0.1) is 18.8 Å². The minimum atomic E-state index is -0.796. The number of ether oxygens (including phenoxy) is 1. The molecule has 0 radical (unpaired) electrons. The molecule has 2 rings (SSSR count). The Morgan fingerprint density at radius 2 is 1.92 bits per heavy atom. The highest BCUT2D eigenvalue weighted by molar-refractivity contribution is 9.08. The number of benzene rings is 2. The predicted octanol–water partition coefficient (Wildman–Crippen LogP) is 2.69. The first-order valence-electron chi connectivity index (χ1n) is 8.22. The van der Waals surface area contributed by atoms with E-state index in [9.17, 15) is 15.0 Å². The Balaban J connectivity index is 1.92. The Kier molecular flexibility index (Phi) is 7.44. The number of phenols is 1. The van der Waals surface area contributed by atoms with Gasteiger partial charge < -0.3 is 20.3 Å². The van der Waals surface area contributed by atoms with Crippen LogP contribution < -0.4 is 14.4 Å². The number of hydrogen-bond donors (Lipinski definition) is 4. The average molecular weight is 423 g/mol. The molecule has 1 amide bonds. The molecule has 2 unspecified atom stereocenters. The minimum absolute atomic E-state index is 0.102. The van der Waals surface area contributed by atoms with Crippen molar-refractivity contribution in [2.75, 3.05) is 13.7 Å². The fraction of sp³-hybridized carbons (Fsp3) is 0.316. The van der Waals surface area contributed by atoms with Gasteiger partial charge in [0.15, 0.2) is 0 Å². The molecule has 2 aromatic carbocycles. The van der Waals surface area contributed by atoms with Crippen LogP contribution in [0.25, 0.3) is 0 Å². The molecular weight excluding hydrogens is 400 g/mol. The number of rotatable bonds is 8. The summed E-state index contributed by atoms with van der Waals surface area (Å²) in [4.78, 5) is 11.7. The van der Waals surface area contributed by atoms with Crippen molar-refractivity contribution in [3.63, 3.8) is 0 Å². The molecule has 0 saturated carbocycles. The number of nitrogens with one attached hydrogen (secondary N) is 2. The van der Waals surface area contributed by atoms with Crippen molar-refractivity contribution in [1.82, 2.24) is 9.66 Å². The van der Waals surface area contributed by atoms with E-state index in [-0.39, 0.29) is 17.4 Å². The first kappa shape index (κ1) is 20.2. The Bertz CT molecular complexity index is 737. The topological polar surface area (TPSA) is 90.8 Å². The average Bonchev–Trinajstić information content (AvgIpc) is 2.66. The summed E-state index contributed by atoms with van der Waals surface area (Å²) in [5, 5.41) is 23.4. The fourth-order valence-corrected chi connectivity index (χ4v) is 2.83. The van der Waals surface area contributed by atoms with E-state index in [1.807, 2.05) is 31.2 Å². The number of carbonyl (C=O) groups is 1. The van der Waals surface area contributed by atoms with Gasteiger partial charge in [-0.15, -0.1) is 0 Å². The van der Waals surface area contributed by atoms with Gasteiger partial charge in [-0.1, -0.05) is 18.2 Å². The van der Waals surface area contributed by atoms with Crippen LogP contribution in [0.3, 0.4) is 0 Å². The van der Waals surface area contributed by atoms with Crippen LogP contribution in [-0.4, -0.2) is 35.8 Å². The van der Waals surface area contributed by atoms with Gasteiger partial charge in [-0.3, -0.25) is 9.14 Å². The Labute approximate surface area is 161 Å². The molecular formula is C19H23BrN2O4.